The number of likely N-dealkylation sites (N-methyl/N-ethyl adjacent to an activating group) is 1. The first kappa shape index (κ1) is 29.2. The van der Waals surface area contributed by atoms with Gasteiger partial charge in [0.25, 0.3) is 0 Å². The molecule has 3 fully saturated rings. The van der Waals surface area contributed by atoms with Crippen LogP contribution in [0, 0.1) is 10.8 Å². The van der Waals surface area contributed by atoms with Gasteiger partial charge in [0, 0.05) is 48.2 Å². The van der Waals surface area contributed by atoms with Crippen molar-refractivity contribution in [2.75, 3.05) is 39.8 Å². The van der Waals surface area contributed by atoms with Crippen LogP contribution in [0.2, 0.25) is 0 Å². The third kappa shape index (κ3) is 5.86. The summed E-state index contributed by atoms with van der Waals surface area (Å²) in [6, 6.07) is 1.98. The first-order valence-corrected chi connectivity index (χ1v) is 15.8. The number of nitrogens with zero attached hydrogens (tertiary/aromatic N) is 3. The van der Waals surface area contributed by atoms with Crippen LogP contribution >= 0.6 is 0 Å². The third-order valence-corrected chi connectivity index (χ3v) is 10.2. The SMILES string of the molecule is CCCN1CC(NC2=NCC3=C(N2)N(C2CCCC(CNC)N2)C2CC(C)(C)OC[C@@]32C)CCC1C(C)(C)C. The molecular formula is C31H57N7O. The zero-order chi connectivity index (χ0) is 28.0. The van der Waals surface area contributed by atoms with Gasteiger partial charge in [-0.15, -0.1) is 0 Å². The molecule has 0 spiro atoms. The van der Waals surface area contributed by atoms with Crippen LogP contribution in [0.25, 0.3) is 0 Å². The van der Waals surface area contributed by atoms with Crippen LogP contribution in [0.15, 0.2) is 16.4 Å². The van der Waals surface area contributed by atoms with E-state index in [1.807, 2.05) is 0 Å². The van der Waals surface area contributed by atoms with Gasteiger partial charge in [-0.2, -0.15) is 0 Å². The molecule has 5 aliphatic rings. The van der Waals surface area contributed by atoms with Crippen LogP contribution in [0.1, 0.15) is 93.4 Å². The molecule has 0 aromatic rings. The first-order valence-electron chi connectivity index (χ1n) is 15.8. The minimum absolute atomic E-state index is 0.0206. The van der Waals surface area contributed by atoms with Crippen LogP contribution in [0.4, 0.5) is 0 Å². The molecule has 5 rings (SSSR count). The molecule has 3 saturated heterocycles. The van der Waals surface area contributed by atoms with Crippen molar-refractivity contribution < 1.29 is 4.74 Å². The molecule has 0 bridgehead atoms. The number of hydrogen-bond donors (Lipinski definition) is 4. The first-order chi connectivity index (χ1) is 18.4. The molecule has 4 N–H and O–H groups in total. The van der Waals surface area contributed by atoms with E-state index in [-0.39, 0.29) is 11.0 Å². The van der Waals surface area contributed by atoms with Crippen LogP contribution in [-0.4, -0.2) is 91.5 Å². The zero-order valence-electron chi connectivity index (χ0n) is 26.1. The van der Waals surface area contributed by atoms with E-state index in [0.717, 1.165) is 38.6 Å². The van der Waals surface area contributed by atoms with Gasteiger partial charge in [0.1, 0.15) is 5.82 Å². The maximum absolute atomic E-state index is 6.46. The lowest BCUT2D eigenvalue weighted by atomic mass is 9.72. The fourth-order valence-corrected chi connectivity index (χ4v) is 8.12. The molecule has 0 aromatic heterocycles. The van der Waals surface area contributed by atoms with Crippen molar-refractivity contribution in [3.8, 4) is 0 Å². The summed E-state index contributed by atoms with van der Waals surface area (Å²) in [7, 11) is 2.06. The lowest BCUT2D eigenvalue weighted by Gasteiger charge is -2.50. The number of aliphatic imine (C=N–C) groups is 1. The van der Waals surface area contributed by atoms with Crippen molar-refractivity contribution in [2.24, 2.45) is 15.8 Å². The number of rotatable bonds is 6. The van der Waals surface area contributed by atoms with E-state index in [2.05, 4.69) is 86.6 Å². The summed E-state index contributed by atoms with van der Waals surface area (Å²) >= 11 is 0. The van der Waals surface area contributed by atoms with E-state index >= 15 is 0 Å². The van der Waals surface area contributed by atoms with Crippen LogP contribution in [-0.2, 0) is 4.74 Å². The van der Waals surface area contributed by atoms with Crippen molar-refractivity contribution in [1.82, 2.24) is 31.1 Å². The van der Waals surface area contributed by atoms with Gasteiger partial charge in [0.2, 0.25) is 0 Å². The highest BCUT2D eigenvalue weighted by Crippen LogP contribution is 2.52. The Labute approximate surface area is 238 Å². The fraction of sp³-hybridized carbons (Fsp3) is 0.903. The zero-order valence-corrected chi connectivity index (χ0v) is 26.1. The molecule has 0 radical (unpaired) electrons. The van der Waals surface area contributed by atoms with Crippen molar-refractivity contribution >= 4 is 5.96 Å². The van der Waals surface area contributed by atoms with E-state index in [0.29, 0.717) is 35.7 Å². The molecular weight excluding hydrogens is 486 g/mol. The molecule has 0 saturated carbocycles. The Kier molecular flexibility index (Phi) is 8.33. The predicted octanol–water partition coefficient (Wildman–Crippen LogP) is 3.61. The standard InChI is InChI=1S/C31H57N7O/c1-9-15-37-19-22(13-14-24(37)29(2,3)4)35-28-33-18-23-27(36-28)38(26-12-10-11-21(34-26)17-32-8)25-16-30(5,6)39-20-31(23,25)7/h21-22,24-26,32,34H,9-20H2,1-8H3,(H2,33,35,36)/t21?,22?,24?,25?,26?,31-/m0/s1. The minimum Gasteiger partial charge on any atom is -0.375 e. The molecule has 5 aliphatic heterocycles. The Bertz CT molecular complexity index is 938. The number of fused-ring (bicyclic) bond motifs is 2. The highest BCUT2D eigenvalue weighted by atomic mass is 16.5. The largest absolute Gasteiger partial charge is 0.375 e. The Morgan fingerprint density at radius 3 is 2.64 bits per heavy atom. The topological polar surface area (TPSA) is 76.2 Å². The average molecular weight is 544 g/mol. The van der Waals surface area contributed by atoms with Crippen molar-refractivity contribution in [1.29, 1.82) is 0 Å². The number of guanidine groups is 1. The molecule has 0 amide bonds. The quantitative estimate of drug-likeness (QED) is 0.408. The van der Waals surface area contributed by atoms with Gasteiger partial charge in [-0.3, -0.25) is 10.2 Å². The third-order valence-electron chi connectivity index (χ3n) is 10.2. The number of likely N-dealkylation sites (tertiary alicyclic amines) is 1. The number of piperidine rings is 2. The molecule has 5 unspecified atom stereocenters. The van der Waals surface area contributed by atoms with E-state index in [1.165, 1.54) is 56.5 Å². The summed E-state index contributed by atoms with van der Waals surface area (Å²) in [6.07, 6.45) is 8.66. The summed E-state index contributed by atoms with van der Waals surface area (Å²) < 4.78 is 6.46. The molecule has 5 heterocycles. The van der Waals surface area contributed by atoms with Crippen LogP contribution in [0.5, 0.6) is 0 Å². The van der Waals surface area contributed by atoms with Gasteiger partial charge in [-0.25, -0.2) is 4.99 Å². The normalized spacial score (nSPS) is 37.2. The summed E-state index contributed by atoms with van der Waals surface area (Å²) in [5.74, 6) is 2.25. The second-order valence-corrected chi connectivity index (χ2v) is 14.9. The van der Waals surface area contributed by atoms with Gasteiger partial charge < -0.3 is 25.6 Å². The van der Waals surface area contributed by atoms with Gasteiger partial charge in [0.05, 0.1) is 24.9 Å². The second-order valence-electron chi connectivity index (χ2n) is 14.9. The Balaban J connectivity index is 1.34. The number of ether oxygens (including phenoxy) is 1. The van der Waals surface area contributed by atoms with Gasteiger partial charge in [-0.1, -0.05) is 34.6 Å². The van der Waals surface area contributed by atoms with Crippen molar-refractivity contribution in [3.63, 3.8) is 0 Å². The highest BCUT2D eigenvalue weighted by molar-refractivity contribution is 5.83. The molecule has 39 heavy (non-hydrogen) atoms. The number of nitrogens with one attached hydrogen (secondary N) is 4. The number of hydrogen-bond acceptors (Lipinski definition) is 8. The Morgan fingerprint density at radius 1 is 1.13 bits per heavy atom. The monoisotopic (exact) mass is 543 g/mol. The smallest absolute Gasteiger partial charge is 0.197 e. The molecule has 8 nitrogen and oxygen atoms in total. The second kappa shape index (κ2) is 11.1. The van der Waals surface area contributed by atoms with E-state index < -0.39 is 0 Å². The van der Waals surface area contributed by atoms with E-state index in [1.54, 1.807) is 0 Å². The van der Waals surface area contributed by atoms with Gasteiger partial charge in [0.15, 0.2) is 5.96 Å². The predicted molar refractivity (Wildman–Crippen MR) is 161 cm³/mol. The van der Waals surface area contributed by atoms with E-state index in [4.69, 9.17) is 9.73 Å². The summed E-state index contributed by atoms with van der Waals surface area (Å²) in [6.45, 7) is 21.2. The molecule has 222 valence electrons. The maximum atomic E-state index is 6.46. The van der Waals surface area contributed by atoms with E-state index in [9.17, 15) is 0 Å². The van der Waals surface area contributed by atoms with Gasteiger partial charge >= 0.3 is 0 Å². The van der Waals surface area contributed by atoms with Gasteiger partial charge in [-0.05, 0) is 77.8 Å². The van der Waals surface area contributed by atoms with Crippen LogP contribution in [0.3, 0.4) is 0 Å². The molecule has 0 aliphatic carbocycles. The summed E-state index contributed by atoms with van der Waals surface area (Å²) in [5, 5.41) is 15.2. The highest BCUT2D eigenvalue weighted by Gasteiger charge is 2.57. The van der Waals surface area contributed by atoms with Crippen molar-refractivity contribution in [3.05, 3.63) is 11.4 Å². The lowest BCUT2D eigenvalue weighted by molar-refractivity contribution is -0.130. The maximum Gasteiger partial charge on any atom is 0.197 e. The molecule has 0 aromatic carbocycles. The minimum atomic E-state index is -0.119. The Hall–Kier alpha value is -1.35. The molecule has 8 heteroatoms. The fourth-order valence-electron chi connectivity index (χ4n) is 8.12. The summed E-state index contributed by atoms with van der Waals surface area (Å²) in [5.41, 5.74) is 1.60. The summed E-state index contributed by atoms with van der Waals surface area (Å²) in [4.78, 5) is 10.5. The van der Waals surface area contributed by atoms with Crippen LogP contribution < -0.4 is 21.3 Å². The molecule has 6 atom stereocenters. The Morgan fingerprint density at radius 2 is 1.92 bits per heavy atom. The lowest BCUT2D eigenvalue weighted by Crippen LogP contribution is -2.62. The van der Waals surface area contributed by atoms with Crippen molar-refractivity contribution in [2.45, 2.75) is 129 Å². The average Bonchev–Trinajstić information content (AvgIpc) is 3.11.